The van der Waals surface area contributed by atoms with Crippen LogP contribution in [-0.2, 0) is 19.1 Å². The lowest BCUT2D eigenvalue weighted by Gasteiger charge is -2.20. The molecule has 0 aliphatic heterocycles. The topological polar surface area (TPSA) is 55.8 Å². The Morgan fingerprint density at radius 2 is 0.882 bits per heavy atom. The van der Waals surface area contributed by atoms with E-state index < -0.39 is 0 Å². The maximum absolute atomic E-state index is 12.5. The van der Waals surface area contributed by atoms with E-state index >= 15 is 0 Å². The number of carbonyl (C=O) groups excluding carboxylic acids is 2. The number of hydrogen-bond acceptors (Lipinski definition) is 5. The van der Waals surface area contributed by atoms with Crippen molar-refractivity contribution in [3.63, 3.8) is 0 Å². The third-order valence-corrected chi connectivity index (χ3v) is 8.29. The average Bonchev–Trinajstić information content (AvgIpc) is 3.14. The summed E-state index contributed by atoms with van der Waals surface area (Å²) in [6.07, 6.45) is 44.9. The Morgan fingerprint density at radius 1 is 0.510 bits per heavy atom. The second-order valence-corrected chi connectivity index (χ2v) is 13.3. The Labute approximate surface area is 319 Å². The van der Waals surface area contributed by atoms with Gasteiger partial charge in [-0.2, -0.15) is 0 Å². The summed E-state index contributed by atoms with van der Waals surface area (Å²) < 4.78 is 11.3. The van der Waals surface area contributed by atoms with E-state index in [9.17, 15) is 9.59 Å². The molecule has 0 saturated heterocycles. The number of hydrogen-bond donors (Lipinski definition) is 0. The van der Waals surface area contributed by atoms with Crippen molar-refractivity contribution in [2.24, 2.45) is 0 Å². The Hall–Kier alpha value is -2.14. The minimum absolute atomic E-state index is 0.154. The molecule has 1 atom stereocenters. The highest BCUT2D eigenvalue weighted by Gasteiger charge is 2.17. The molecule has 0 aliphatic carbocycles. The van der Waals surface area contributed by atoms with Gasteiger partial charge in [-0.05, 0) is 91.1 Å². The van der Waals surface area contributed by atoms with Crippen LogP contribution >= 0.6 is 0 Å². The van der Waals surface area contributed by atoms with E-state index in [1.807, 2.05) is 41.8 Å². The van der Waals surface area contributed by atoms with Crippen molar-refractivity contribution in [2.45, 2.75) is 208 Å². The SMILES string of the molecule is CC.CC.CCCCC/C=C\C/C=C\CCCCCCCC(=O)OCC(CCN(C)C)OC(=O)CCCCCCC/C=C\C/C=C\CCCCC. The van der Waals surface area contributed by atoms with Crippen LogP contribution in [0.5, 0.6) is 0 Å². The van der Waals surface area contributed by atoms with Gasteiger partial charge in [0.15, 0.2) is 0 Å². The molecule has 5 nitrogen and oxygen atoms in total. The normalized spacial score (nSPS) is 12.0. The van der Waals surface area contributed by atoms with Crippen molar-refractivity contribution in [2.75, 3.05) is 27.2 Å². The predicted octanol–water partition coefficient (Wildman–Crippen LogP) is 14.1. The van der Waals surface area contributed by atoms with E-state index in [4.69, 9.17) is 9.47 Å². The second kappa shape index (κ2) is 47.9. The van der Waals surface area contributed by atoms with E-state index in [-0.39, 0.29) is 24.6 Å². The molecule has 0 aromatic rings. The number of nitrogens with zero attached hydrogens (tertiary/aromatic N) is 1. The fourth-order valence-corrected chi connectivity index (χ4v) is 5.24. The largest absolute Gasteiger partial charge is 0.462 e. The lowest BCUT2D eigenvalue weighted by atomic mass is 10.1. The first-order chi connectivity index (χ1) is 25.0. The van der Waals surface area contributed by atoms with Gasteiger partial charge in [-0.15, -0.1) is 0 Å². The van der Waals surface area contributed by atoms with Gasteiger partial charge in [-0.1, -0.05) is 154 Å². The number of allylic oxidation sites excluding steroid dienone is 8. The molecule has 0 bridgehead atoms. The van der Waals surface area contributed by atoms with Crippen LogP contribution in [0.25, 0.3) is 0 Å². The quantitative estimate of drug-likeness (QED) is 0.0377. The smallest absolute Gasteiger partial charge is 0.306 e. The van der Waals surface area contributed by atoms with E-state index in [0.717, 1.165) is 70.8 Å². The maximum atomic E-state index is 12.5. The molecule has 0 radical (unpaired) electrons. The third-order valence-electron chi connectivity index (χ3n) is 8.29. The van der Waals surface area contributed by atoms with Gasteiger partial charge < -0.3 is 14.4 Å². The van der Waals surface area contributed by atoms with E-state index in [2.05, 4.69) is 67.4 Å². The highest BCUT2D eigenvalue weighted by atomic mass is 16.6. The lowest BCUT2D eigenvalue weighted by molar-refractivity contribution is -0.159. The summed E-state index contributed by atoms with van der Waals surface area (Å²) in [6, 6.07) is 0. The van der Waals surface area contributed by atoms with Crippen molar-refractivity contribution in [3.05, 3.63) is 48.6 Å². The number of ether oxygens (including phenoxy) is 2. The molecule has 0 fully saturated rings. The van der Waals surface area contributed by atoms with Crippen molar-refractivity contribution in [1.29, 1.82) is 0 Å². The van der Waals surface area contributed by atoms with Crippen LogP contribution in [0.1, 0.15) is 202 Å². The van der Waals surface area contributed by atoms with E-state index in [0.29, 0.717) is 19.3 Å². The van der Waals surface area contributed by atoms with Crippen molar-refractivity contribution in [1.82, 2.24) is 4.90 Å². The Balaban J connectivity index is -0.00000554. The van der Waals surface area contributed by atoms with Crippen LogP contribution in [0.15, 0.2) is 48.6 Å². The van der Waals surface area contributed by atoms with Gasteiger partial charge in [0.1, 0.15) is 12.7 Å². The molecule has 5 heteroatoms. The first kappa shape index (κ1) is 53.2. The summed E-state index contributed by atoms with van der Waals surface area (Å²) in [5.41, 5.74) is 0. The summed E-state index contributed by atoms with van der Waals surface area (Å²) >= 11 is 0. The molecule has 300 valence electrons. The highest BCUT2D eigenvalue weighted by Crippen LogP contribution is 2.12. The molecular formula is C46H87NO4. The lowest BCUT2D eigenvalue weighted by Crippen LogP contribution is -2.29. The summed E-state index contributed by atoms with van der Waals surface area (Å²) in [4.78, 5) is 26.9. The Morgan fingerprint density at radius 3 is 1.29 bits per heavy atom. The summed E-state index contributed by atoms with van der Waals surface area (Å²) in [5, 5.41) is 0. The van der Waals surface area contributed by atoms with E-state index in [1.165, 1.54) is 77.0 Å². The summed E-state index contributed by atoms with van der Waals surface area (Å²) in [6.45, 7) is 13.4. The predicted molar refractivity (Wildman–Crippen MR) is 225 cm³/mol. The third kappa shape index (κ3) is 47.9. The zero-order valence-electron chi connectivity index (χ0n) is 35.4. The minimum Gasteiger partial charge on any atom is -0.462 e. The Kier molecular flexibility index (Phi) is 49.9. The number of esters is 2. The van der Waals surface area contributed by atoms with Gasteiger partial charge in [0.05, 0.1) is 0 Å². The first-order valence-corrected chi connectivity index (χ1v) is 21.6. The Bertz CT molecular complexity index is 814. The van der Waals surface area contributed by atoms with Crippen molar-refractivity contribution >= 4 is 11.9 Å². The molecule has 0 N–H and O–H groups in total. The van der Waals surface area contributed by atoms with Crippen molar-refractivity contribution in [3.8, 4) is 0 Å². The van der Waals surface area contributed by atoms with Crippen LogP contribution in [0.2, 0.25) is 0 Å². The molecule has 0 saturated carbocycles. The molecule has 1 unspecified atom stereocenters. The summed E-state index contributed by atoms with van der Waals surface area (Å²) in [5.74, 6) is -0.362. The fraction of sp³-hybridized carbons (Fsp3) is 0.783. The fourth-order valence-electron chi connectivity index (χ4n) is 5.24. The second-order valence-electron chi connectivity index (χ2n) is 13.3. The molecule has 0 aromatic carbocycles. The first-order valence-electron chi connectivity index (χ1n) is 21.6. The van der Waals surface area contributed by atoms with E-state index in [1.54, 1.807) is 0 Å². The zero-order valence-corrected chi connectivity index (χ0v) is 35.4. The molecule has 0 aliphatic rings. The number of rotatable bonds is 34. The molecule has 0 rings (SSSR count). The van der Waals surface area contributed by atoms with Crippen LogP contribution in [0, 0.1) is 0 Å². The molecule has 51 heavy (non-hydrogen) atoms. The van der Waals surface area contributed by atoms with Gasteiger partial charge in [-0.25, -0.2) is 0 Å². The molecule has 0 heterocycles. The number of unbranched alkanes of at least 4 members (excludes halogenated alkanes) is 16. The van der Waals surface area contributed by atoms with Crippen LogP contribution in [0.3, 0.4) is 0 Å². The molecule has 0 amide bonds. The number of carbonyl (C=O) groups is 2. The van der Waals surface area contributed by atoms with Gasteiger partial charge in [0.2, 0.25) is 0 Å². The van der Waals surface area contributed by atoms with Gasteiger partial charge >= 0.3 is 11.9 Å². The summed E-state index contributed by atoms with van der Waals surface area (Å²) in [7, 11) is 3.99. The van der Waals surface area contributed by atoms with Gasteiger partial charge in [0.25, 0.3) is 0 Å². The average molecular weight is 718 g/mol. The molecular weight excluding hydrogens is 631 g/mol. The van der Waals surface area contributed by atoms with Crippen LogP contribution in [0.4, 0.5) is 0 Å². The van der Waals surface area contributed by atoms with Crippen molar-refractivity contribution < 1.29 is 19.1 Å². The highest BCUT2D eigenvalue weighted by molar-refractivity contribution is 5.70. The van der Waals surface area contributed by atoms with Gasteiger partial charge in [-0.3, -0.25) is 9.59 Å². The van der Waals surface area contributed by atoms with Crippen LogP contribution in [-0.4, -0.2) is 50.2 Å². The standard InChI is InChI=1S/C42H75NO4.2C2H6/c1-5-7-9-11-13-15-17-19-21-23-25-27-29-31-33-35-41(44)46-39-40(37-38-43(3)4)47-42(45)36-34-32-30-28-26-24-22-20-18-16-14-12-10-8-6-2;2*1-2/h13-16,19-22,40H,5-12,17-18,23-39H2,1-4H3;2*1-2H3/b15-13-,16-14-,21-19-,22-20-;;. The molecule has 0 spiro atoms. The van der Waals surface area contributed by atoms with Crippen LogP contribution < -0.4 is 0 Å². The minimum atomic E-state index is -0.378. The zero-order chi connectivity index (χ0) is 38.5. The molecule has 0 aromatic heterocycles. The monoisotopic (exact) mass is 718 g/mol. The van der Waals surface area contributed by atoms with Gasteiger partial charge in [0, 0.05) is 25.8 Å². The maximum Gasteiger partial charge on any atom is 0.306 e.